The molecule has 0 aromatic carbocycles. The highest BCUT2D eigenvalue weighted by molar-refractivity contribution is 4.71. The minimum absolute atomic E-state index is 0.538. The first kappa shape index (κ1) is 14.9. The minimum atomic E-state index is -0.643. The van der Waals surface area contributed by atoms with Gasteiger partial charge in [0.2, 0.25) is 0 Å². The SMILES string of the molecule is CCC(CC)CC(CC)C(C)CC(C)F. The summed E-state index contributed by atoms with van der Waals surface area (Å²) >= 11 is 0. The third-order valence-corrected chi connectivity index (χ3v) is 3.82. The van der Waals surface area contributed by atoms with Crippen molar-refractivity contribution in [2.45, 2.75) is 72.9 Å². The van der Waals surface area contributed by atoms with Gasteiger partial charge in [-0.1, -0.05) is 47.0 Å². The van der Waals surface area contributed by atoms with Gasteiger partial charge in [0.15, 0.2) is 0 Å². The predicted molar refractivity (Wildman–Crippen MR) is 66.8 cm³/mol. The molecule has 0 aromatic rings. The Bertz CT molecular complexity index is 138. The Morgan fingerprint density at radius 2 is 1.40 bits per heavy atom. The van der Waals surface area contributed by atoms with E-state index in [0.29, 0.717) is 11.8 Å². The van der Waals surface area contributed by atoms with Crippen LogP contribution in [0.25, 0.3) is 0 Å². The fourth-order valence-electron chi connectivity index (χ4n) is 2.56. The van der Waals surface area contributed by atoms with Gasteiger partial charge in [-0.15, -0.1) is 0 Å². The van der Waals surface area contributed by atoms with Gasteiger partial charge in [0.25, 0.3) is 0 Å². The summed E-state index contributed by atoms with van der Waals surface area (Å²) in [6, 6.07) is 0. The van der Waals surface area contributed by atoms with E-state index < -0.39 is 6.17 Å². The van der Waals surface area contributed by atoms with Gasteiger partial charge >= 0.3 is 0 Å². The van der Waals surface area contributed by atoms with Crippen molar-refractivity contribution in [1.82, 2.24) is 0 Å². The quantitative estimate of drug-likeness (QED) is 0.521. The number of alkyl halides is 1. The summed E-state index contributed by atoms with van der Waals surface area (Å²) in [5.41, 5.74) is 0. The van der Waals surface area contributed by atoms with E-state index in [1.807, 2.05) is 0 Å². The lowest BCUT2D eigenvalue weighted by atomic mass is 9.80. The summed E-state index contributed by atoms with van der Waals surface area (Å²) in [5, 5.41) is 0. The normalized spacial score (nSPS) is 17.8. The fourth-order valence-corrected chi connectivity index (χ4v) is 2.56. The lowest BCUT2D eigenvalue weighted by Crippen LogP contribution is -2.17. The fraction of sp³-hybridized carbons (Fsp3) is 1.00. The van der Waals surface area contributed by atoms with Crippen LogP contribution in [0.15, 0.2) is 0 Å². The van der Waals surface area contributed by atoms with Crippen molar-refractivity contribution in [2.24, 2.45) is 17.8 Å². The number of rotatable bonds is 8. The van der Waals surface area contributed by atoms with Gasteiger partial charge in [0, 0.05) is 0 Å². The molecule has 0 spiro atoms. The Morgan fingerprint density at radius 1 is 0.867 bits per heavy atom. The van der Waals surface area contributed by atoms with Crippen molar-refractivity contribution < 1.29 is 4.39 Å². The Labute approximate surface area is 95.6 Å². The summed E-state index contributed by atoms with van der Waals surface area (Å²) < 4.78 is 12.9. The first-order chi connectivity index (χ1) is 7.04. The highest BCUT2D eigenvalue weighted by atomic mass is 19.1. The van der Waals surface area contributed by atoms with Gasteiger partial charge in [-0.2, -0.15) is 0 Å². The lowest BCUT2D eigenvalue weighted by Gasteiger charge is -2.26. The van der Waals surface area contributed by atoms with Crippen LogP contribution in [0.4, 0.5) is 4.39 Å². The standard InChI is InChI=1S/C14H29F/c1-6-13(7-2)10-14(8-3)11(4)9-12(5)15/h11-14H,6-10H2,1-5H3. The Balaban J connectivity index is 4.09. The van der Waals surface area contributed by atoms with E-state index >= 15 is 0 Å². The monoisotopic (exact) mass is 216 g/mol. The van der Waals surface area contributed by atoms with Crippen molar-refractivity contribution in [2.75, 3.05) is 0 Å². The number of hydrogen-bond acceptors (Lipinski definition) is 0. The van der Waals surface area contributed by atoms with Crippen LogP contribution in [0.5, 0.6) is 0 Å². The van der Waals surface area contributed by atoms with Gasteiger partial charge in [0.05, 0.1) is 6.17 Å². The summed E-state index contributed by atoms with van der Waals surface area (Å²) in [6.45, 7) is 10.7. The Morgan fingerprint density at radius 3 is 1.73 bits per heavy atom. The van der Waals surface area contributed by atoms with Crippen molar-refractivity contribution in [3.05, 3.63) is 0 Å². The molecule has 0 aromatic heterocycles. The Kier molecular flexibility index (Phi) is 8.09. The van der Waals surface area contributed by atoms with Crippen LogP contribution in [0, 0.1) is 17.8 Å². The van der Waals surface area contributed by atoms with E-state index in [2.05, 4.69) is 27.7 Å². The topological polar surface area (TPSA) is 0 Å². The molecule has 0 fully saturated rings. The van der Waals surface area contributed by atoms with Crippen LogP contribution in [-0.4, -0.2) is 6.17 Å². The van der Waals surface area contributed by atoms with Gasteiger partial charge in [-0.3, -0.25) is 0 Å². The van der Waals surface area contributed by atoms with Crippen molar-refractivity contribution in [1.29, 1.82) is 0 Å². The zero-order valence-corrected chi connectivity index (χ0v) is 11.2. The van der Waals surface area contributed by atoms with Crippen molar-refractivity contribution >= 4 is 0 Å². The van der Waals surface area contributed by atoms with Crippen LogP contribution in [0.3, 0.4) is 0 Å². The zero-order valence-electron chi connectivity index (χ0n) is 11.2. The summed E-state index contributed by atoms with van der Waals surface area (Å²) in [6.07, 6.45) is 5.12. The average molecular weight is 216 g/mol. The van der Waals surface area contributed by atoms with Crippen LogP contribution in [0.1, 0.15) is 66.7 Å². The minimum Gasteiger partial charge on any atom is -0.248 e. The molecular weight excluding hydrogens is 187 g/mol. The molecule has 0 N–H and O–H groups in total. The lowest BCUT2D eigenvalue weighted by molar-refractivity contribution is 0.207. The molecule has 0 radical (unpaired) electrons. The molecule has 0 saturated carbocycles. The first-order valence-corrected chi connectivity index (χ1v) is 6.69. The van der Waals surface area contributed by atoms with Crippen molar-refractivity contribution in [3.8, 4) is 0 Å². The maximum absolute atomic E-state index is 12.9. The maximum atomic E-state index is 12.9. The molecule has 0 amide bonds. The van der Waals surface area contributed by atoms with Gasteiger partial charge < -0.3 is 0 Å². The zero-order chi connectivity index (χ0) is 11.8. The number of hydrogen-bond donors (Lipinski definition) is 0. The third-order valence-electron chi connectivity index (χ3n) is 3.82. The second-order valence-corrected chi connectivity index (χ2v) is 5.08. The van der Waals surface area contributed by atoms with E-state index in [9.17, 15) is 4.39 Å². The molecule has 0 nitrogen and oxygen atoms in total. The Hall–Kier alpha value is -0.0700. The van der Waals surface area contributed by atoms with E-state index in [0.717, 1.165) is 12.3 Å². The molecule has 0 saturated heterocycles. The smallest absolute Gasteiger partial charge is 0.0976 e. The molecule has 0 aliphatic rings. The molecule has 0 aliphatic carbocycles. The van der Waals surface area contributed by atoms with Crippen LogP contribution in [-0.2, 0) is 0 Å². The second kappa shape index (κ2) is 8.13. The first-order valence-electron chi connectivity index (χ1n) is 6.69. The highest BCUT2D eigenvalue weighted by Gasteiger charge is 2.20. The van der Waals surface area contributed by atoms with E-state index in [1.165, 1.54) is 25.7 Å². The van der Waals surface area contributed by atoms with Crippen LogP contribution >= 0.6 is 0 Å². The van der Waals surface area contributed by atoms with Gasteiger partial charge in [-0.25, -0.2) is 4.39 Å². The van der Waals surface area contributed by atoms with E-state index in [4.69, 9.17) is 0 Å². The molecule has 15 heavy (non-hydrogen) atoms. The molecule has 3 unspecified atom stereocenters. The van der Waals surface area contributed by atoms with E-state index in [1.54, 1.807) is 6.92 Å². The third kappa shape index (κ3) is 6.17. The molecule has 1 heteroatoms. The van der Waals surface area contributed by atoms with E-state index in [-0.39, 0.29) is 0 Å². The van der Waals surface area contributed by atoms with Gasteiger partial charge in [-0.05, 0) is 37.5 Å². The van der Waals surface area contributed by atoms with Crippen LogP contribution < -0.4 is 0 Å². The predicted octanol–water partition coefficient (Wildman–Crippen LogP) is 5.22. The molecule has 3 atom stereocenters. The molecular formula is C14H29F. The molecule has 0 bridgehead atoms. The van der Waals surface area contributed by atoms with Gasteiger partial charge in [0.1, 0.15) is 0 Å². The second-order valence-electron chi connectivity index (χ2n) is 5.08. The molecule has 0 rings (SSSR count). The largest absolute Gasteiger partial charge is 0.248 e. The molecule has 0 heterocycles. The average Bonchev–Trinajstić information content (AvgIpc) is 2.18. The van der Waals surface area contributed by atoms with Crippen molar-refractivity contribution in [3.63, 3.8) is 0 Å². The summed E-state index contributed by atoms with van der Waals surface area (Å²) in [4.78, 5) is 0. The summed E-state index contributed by atoms with van der Waals surface area (Å²) in [5.74, 6) is 2.09. The summed E-state index contributed by atoms with van der Waals surface area (Å²) in [7, 11) is 0. The van der Waals surface area contributed by atoms with Crippen LogP contribution in [0.2, 0.25) is 0 Å². The molecule has 0 aliphatic heterocycles. The number of halogens is 1. The maximum Gasteiger partial charge on any atom is 0.0976 e. The molecule has 92 valence electrons. The highest BCUT2D eigenvalue weighted by Crippen LogP contribution is 2.30.